The molecule has 4 atom stereocenters. The summed E-state index contributed by atoms with van der Waals surface area (Å²) < 4.78 is 58.5. The minimum absolute atomic E-state index is 0.246. The molecular weight excluding hydrogens is 348 g/mol. The highest BCUT2D eigenvalue weighted by Gasteiger charge is 2.39. The van der Waals surface area contributed by atoms with Gasteiger partial charge in [-0.1, -0.05) is 0 Å². The van der Waals surface area contributed by atoms with Gasteiger partial charge in [-0.05, 0) is 0 Å². The normalized spacial score (nSPS) is 27.3. The Hall–Kier alpha value is -1.46. The van der Waals surface area contributed by atoms with Crippen LogP contribution in [0.25, 0.3) is 0 Å². The summed E-state index contributed by atoms with van der Waals surface area (Å²) in [5.41, 5.74) is -2.24. The van der Waals surface area contributed by atoms with Crippen LogP contribution in [0.2, 0.25) is 0 Å². The quantitative estimate of drug-likeness (QED) is 0.617. The summed E-state index contributed by atoms with van der Waals surface area (Å²) in [4.78, 5) is 33.0. The number of H-pyrrole nitrogens is 1. The second-order valence-corrected chi connectivity index (χ2v) is 6.49. The van der Waals surface area contributed by atoms with E-state index in [1.165, 1.54) is 0 Å². The summed E-state index contributed by atoms with van der Waals surface area (Å²) in [6, 6.07) is 0. The van der Waals surface area contributed by atoms with Gasteiger partial charge in [-0.15, -0.1) is 0 Å². The minimum atomic E-state index is -5.16. The SMILES string of the molecule is O=c1[nH]c(=O)n([C@H]2C[C@H](O)[C@@H](COP(=O)(O)C(F)F)O2)cc1F. The molecule has 0 radical (unpaired) electrons. The third kappa shape index (κ3) is 3.90. The summed E-state index contributed by atoms with van der Waals surface area (Å²) in [5, 5.41) is 9.73. The van der Waals surface area contributed by atoms with Gasteiger partial charge in [-0.3, -0.25) is 18.9 Å². The molecule has 23 heavy (non-hydrogen) atoms. The van der Waals surface area contributed by atoms with Crippen molar-refractivity contribution < 1.29 is 37.0 Å². The van der Waals surface area contributed by atoms with Gasteiger partial charge < -0.3 is 19.3 Å². The average Bonchev–Trinajstić information content (AvgIpc) is 2.81. The summed E-state index contributed by atoms with van der Waals surface area (Å²) >= 11 is 0. The lowest BCUT2D eigenvalue weighted by Crippen LogP contribution is -2.34. The lowest BCUT2D eigenvalue weighted by Gasteiger charge is -2.18. The molecule has 2 rings (SSSR count). The molecule has 1 aromatic heterocycles. The number of hydrogen-bond acceptors (Lipinski definition) is 6. The number of aliphatic hydroxyl groups is 1. The molecule has 0 amide bonds. The van der Waals surface area contributed by atoms with Crippen LogP contribution in [0.3, 0.4) is 0 Å². The van der Waals surface area contributed by atoms with E-state index in [1.807, 2.05) is 0 Å². The highest BCUT2D eigenvalue weighted by Crippen LogP contribution is 2.49. The molecule has 0 aromatic carbocycles. The topological polar surface area (TPSA) is 131 Å². The number of ether oxygens (including phenoxy) is 1. The first-order valence-electron chi connectivity index (χ1n) is 6.21. The first-order chi connectivity index (χ1) is 10.6. The maximum Gasteiger partial charge on any atom is 0.394 e. The fraction of sp³-hybridized carbons (Fsp3) is 0.600. The van der Waals surface area contributed by atoms with Crippen LogP contribution in [0.1, 0.15) is 12.6 Å². The van der Waals surface area contributed by atoms with Gasteiger partial charge in [0.25, 0.3) is 5.56 Å². The van der Waals surface area contributed by atoms with E-state index in [0.29, 0.717) is 10.8 Å². The number of alkyl halides is 2. The van der Waals surface area contributed by atoms with Crippen LogP contribution in [0.15, 0.2) is 15.8 Å². The van der Waals surface area contributed by atoms with Crippen LogP contribution in [0.4, 0.5) is 13.2 Å². The molecule has 1 saturated heterocycles. The fourth-order valence-corrected chi connectivity index (χ4v) is 2.42. The standard InChI is InChI=1S/C10H12F3N2O7P/c11-4-2-15(10(18)14-8(4)17)7-1-5(16)6(22-7)3-21-23(19,20)9(12)13/h2,5-7,9,16H,1,3H2,(H,19,20)(H,14,17,18)/t5-,6+,7+/m0/s1. The van der Waals surface area contributed by atoms with Gasteiger partial charge in [0.1, 0.15) is 12.3 Å². The van der Waals surface area contributed by atoms with Crippen LogP contribution in [0.5, 0.6) is 0 Å². The zero-order chi connectivity index (χ0) is 17.4. The van der Waals surface area contributed by atoms with Crippen LogP contribution in [-0.2, 0) is 13.8 Å². The number of rotatable bonds is 5. The molecule has 2 heterocycles. The summed E-state index contributed by atoms with van der Waals surface area (Å²) in [5.74, 6) is -1.26. The molecule has 1 fully saturated rings. The third-order valence-electron chi connectivity index (χ3n) is 3.11. The zero-order valence-corrected chi connectivity index (χ0v) is 12.2. The van der Waals surface area contributed by atoms with Crippen molar-refractivity contribution in [3.05, 3.63) is 32.9 Å². The van der Waals surface area contributed by atoms with Crippen molar-refractivity contribution in [2.75, 3.05) is 6.61 Å². The molecule has 1 unspecified atom stereocenters. The summed E-state index contributed by atoms with van der Waals surface area (Å²) in [6.45, 7) is -0.837. The van der Waals surface area contributed by atoms with Crippen molar-refractivity contribution in [1.29, 1.82) is 0 Å². The van der Waals surface area contributed by atoms with Gasteiger partial charge >= 0.3 is 19.5 Å². The number of aromatic amines is 1. The number of hydrogen-bond donors (Lipinski definition) is 3. The summed E-state index contributed by atoms with van der Waals surface area (Å²) in [7, 11) is -5.16. The molecule has 1 aliphatic heterocycles. The van der Waals surface area contributed by atoms with Crippen LogP contribution >= 0.6 is 7.60 Å². The maximum absolute atomic E-state index is 13.2. The molecule has 1 aliphatic rings. The lowest BCUT2D eigenvalue weighted by molar-refractivity contribution is -0.0445. The fourth-order valence-electron chi connectivity index (χ4n) is 1.95. The van der Waals surface area contributed by atoms with E-state index in [1.54, 1.807) is 4.98 Å². The molecule has 0 spiro atoms. The van der Waals surface area contributed by atoms with Crippen molar-refractivity contribution in [3.8, 4) is 0 Å². The van der Waals surface area contributed by atoms with Crippen molar-refractivity contribution in [1.82, 2.24) is 9.55 Å². The van der Waals surface area contributed by atoms with Gasteiger partial charge in [0, 0.05) is 6.42 Å². The van der Waals surface area contributed by atoms with Gasteiger partial charge in [-0.25, -0.2) is 4.79 Å². The third-order valence-corrected chi connectivity index (χ3v) is 4.12. The van der Waals surface area contributed by atoms with Gasteiger partial charge in [-0.2, -0.15) is 13.2 Å². The van der Waals surface area contributed by atoms with E-state index in [4.69, 9.17) is 9.63 Å². The van der Waals surface area contributed by atoms with Crippen LogP contribution < -0.4 is 11.2 Å². The Morgan fingerprint density at radius 1 is 1.52 bits per heavy atom. The molecule has 0 saturated carbocycles. The zero-order valence-electron chi connectivity index (χ0n) is 11.3. The van der Waals surface area contributed by atoms with Crippen molar-refractivity contribution in [2.45, 2.75) is 31.0 Å². The predicted octanol–water partition coefficient (Wildman–Crippen LogP) is -0.251. The molecule has 13 heteroatoms. The van der Waals surface area contributed by atoms with Crippen molar-refractivity contribution >= 4 is 7.60 Å². The molecule has 3 N–H and O–H groups in total. The first kappa shape index (κ1) is 17.9. The van der Waals surface area contributed by atoms with Gasteiger partial charge in [0.2, 0.25) is 5.82 Å². The molecule has 0 aliphatic carbocycles. The first-order valence-corrected chi connectivity index (χ1v) is 7.86. The maximum atomic E-state index is 13.2. The molecule has 9 nitrogen and oxygen atoms in total. The second-order valence-electron chi connectivity index (χ2n) is 4.71. The van der Waals surface area contributed by atoms with E-state index in [-0.39, 0.29) is 6.42 Å². The second kappa shape index (κ2) is 6.57. The number of nitrogens with zero attached hydrogens (tertiary/aromatic N) is 1. The Balaban J connectivity index is 2.10. The van der Waals surface area contributed by atoms with Crippen LogP contribution in [0, 0.1) is 5.82 Å². The Morgan fingerprint density at radius 3 is 2.78 bits per heavy atom. The van der Waals surface area contributed by atoms with Crippen molar-refractivity contribution in [3.63, 3.8) is 0 Å². The molecule has 1 aromatic rings. The minimum Gasteiger partial charge on any atom is -0.390 e. The Kier molecular flexibility index (Phi) is 5.11. The number of aliphatic hydroxyl groups excluding tert-OH is 1. The van der Waals surface area contributed by atoms with Gasteiger partial charge in [0.15, 0.2) is 0 Å². The van der Waals surface area contributed by atoms with Gasteiger partial charge in [0.05, 0.1) is 18.9 Å². The smallest absolute Gasteiger partial charge is 0.390 e. The monoisotopic (exact) mass is 360 g/mol. The Bertz CT molecular complexity index is 736. The number of halogens is 3. The highest BCUT2D eigenvalue weighted by atomic mass is 31.2. The van der Waals surface area contributed by atoms with E-state index < -0.39 is 55.9 Å². The van der Waals surface area contributed by atoms with Crippen molar-refractivity contribution in [2.24, 2.45) is 0 Å². The number of nitrogens with one attached hydrogen (secondary N) is 1. The Labute approximate surface area is 125 Å². The van der Waals surface area contributed by atoms with E-state index in [2.05, 4.69) is 4.52 Å². The average molecular weight is 360 g/mol. The van der Waals surface area contributed by atoms with E-state index in [0.717, 1.165) is 0 Å². The predicted molar refractivity (Wildman–Crippen MR) is 67.6 cm³/mol. The molecular formula is C10H12F3N2O7P. The van der Waals surface area contributed by atoms with Crippen LogP contribution in [-0.4, -0.2) is 44.5 Å². The lowest BCUT2D eigenvalue weighted by atomic mass is 10.2. The number of aromatic nitrogens is 2. The van der Waals surface area contributed by atoms with E-state index >= 15 is 0 Å². The highest BCUT2D eigenvalue weighted by molar-refractivity contribution is 7.53. The molecule has 130 valence electrons. The summed E-state index contributed by atoms with van der Waals surface area (Å²) in [6.07, 6.45) is -7.11. The largest absolute Gasteiger partial charge is 0.394 e. The Morgan fingerprint density at radius 2 is 2.17 bits per heavy atom. The van der Waals surface area contributed by atoms with E-state index in [9.17, 15) is 32.4 Å². The molecule has 0 bridgehead atoms.